The number of amides is 2. The average molecular weight is 291 g/mol. The van der Waals surface area contributed by atoms with Gasteiger partial charge in [0.2, 0.25) is 12.7 Å². The first-order valence-electron chi connectivity index (χ1n) is 6.87. The molecule has 3 rings (SSSR count). The number of likely N-dealkylation sites (tertiary alicyclic amines) is 1. The Hall–Kier alpha value is -2.44. The largest absolute Gasteiger partial charge is 0.454 e. The molecule has 0 spiro atoms. The molecule has 0 saturated carbocycles. The van der Waals surface area contributed by atoms with Gasteiger partial charge in [-0.2, -0.15) is 0 Å². The summed E-state index contributed by atoms with van der Waals surface area (Å²) in [5, 5.41) is 0. The molecule has 1 unspecified atom stereocenters. The van der Waals surface area contributed by atoms with Crippen molar-refractivity contribution in [1.29, 1.82) is 0 Å². The van der Waals surface area contributed by atoms with E-state index in [2.05, 4.69) is 0 Å². The third kappa shape index (κ3) is 2.35. The van der Waals surface area contributed by atoms with Gasteiger partial charge in [0, 0.05) is 18.3 Å². The number of nitrogen functional groups attached to an aromatic ring is 1. The predicted molar refractivity (Wildman–Crippen MR) is 74.8 cm³/mol. The van der Waals surface area contributed by atoms with Crippen molar-refractivity contribution >= 4 is 17.5 Å². The molecule has 0 bridgehead atoms. The Labute approximate surface area is 121 Å². The van der Waals surface area contributed by atoms with Gasteiger partial charge in [-0.25, -0.2) is 0 Å². The van der Waals surface area contributed by atoms with Gasteiger partial charge in [0.25, 0.3) is 5.91 Å². The van der Waals surface area contributed by atoms with Crippen LogP contribution in [0.3, 0.4) is 0 Å². The molecule has 1 saturated heterocycles. The summed E-state index contributed by atoms with van der Waals surface area (Å²) < 4.78 is 10.5. The second-order valence-electron chi connectivity index (χ2n) is 5.21. The van der Waals surface area contributed by atoms with Gasteiger partial charge in [0.05, 0.1) is 5.56 Å². The van der Waals surface area contributed by atoms with Crippen molar-refractivity contribution in [2.24, 2.45) is 5.73 Å². The van der Waals surface area contributed by atoms with Crippen molar-refractivity contribution in [1.82, 2.24) is 4.90 Å². The van der Waals surface area contributed by atoms with Crippen LogP contribution >= 0.6 is 0 Å². The first kappa shape index (κ1) is 13.5. The van der Waals surface area contributed by atoms with Gasteiger partial charge < -0.3 is 25.8 Å². The van der Waals surface area contributed by atoms with Gasteiger partial charge >= 0.3 is 0 Å². The number of nitrogens with two attached hydrogens (primary N) is 2. The summed E-state index contributed by atoms with van der Waals surface area (Å²) in [5.74, 6) is 0.228. The highest BCUT2D eigenvalue weighted by atomic mass is 16.7. The zero-order valence-corrected chi connectivity index (χ0v) is 11.5. The van der Waals surface area contributed by atoms with Crippen molar-refractivity contribution < 1.29 is 19.1 Å². The minimum absolute atomic E-state index is 0.111. The van der Waals surface area contributed by atoms with Gasteiger partial charge in [-0.3, -0.25) is 9.59 Å². The molecular formula is C14H17N3O4. The zero-order chi connectivity index (χ0) is 15.0. The van der Waals surface area contributed by atoms with E-state index in [1.807, 2.05) is 0 Å². The van der Waals surface area contributed by atoms with Crippen LogP contribution in [0.4, 0.5) is 5.69 Å². The molecule has 4 N–H and O–H groups in total. The number of carbonyl (C=O) groups is 2. The summed E-state index contributed by atoms with van der Waals surface area (Å²) >= 11 is 0. The van der Waals surface area contributed by atoms with E-state index < -0.39 is 11.9 Å². The topological polar surface area (TPSA) is 108 Å². The molecule has 0 aliphatic carbocycles. The number of benzene rings is 1. The second-order valence-corrected chi connectivity index (χ2v) is 5.21. The quantitative estimate of drug-likeness (QED) is 0.770. The first-order valence-corrected chi connectivity index (χ1v) is 6.87. The molecule has 7 heteroatoms. The fraction of sp³-hybridized carbons (Fsp3) is 0.429. The van der Waals surface area contributed by atoms with Gasteiger partial charge in [-0.15, -0.1) is 0 Å². The van der Waals surface area contributed by atoms with Crippen LogP contribution in [0.25, 0.3) is 0 Å². The first-order chi connectivity index (χ1) is 10.1. The lowest BCUT2D eigenvalue weighted by atomic mass is 9.99. The molecule has 7 nitrogen and oxygen atoms in total. The fourth-order valence-corrected chi connectivity index (χ4v) is 2.77. The Morgan fingerprint density at radius 3 is 2.62 bits per heavy atom. The highest BCUT2D eigenvalue weighted by Gasteiger charge is 2.32. The number of carbonyl (C=O) groups excluding carboxylic acids is 2. The number of nitrogens with zero attached hydrogens (tertiary/aromatic N) is 1. The maximum Gasteiger partial charge on any atom is 0.256 e. The van der Waals surface area contributed by atoms with Gasteiger partial charge in [-0.1, -0.05) is 0 Å². The van der Waals surface area contributed by atoms with Gasteiger partial charge in [0.1, 0.15) is 6.04 Å². The maximum absolute atomic E-state index is 12.7. The van der Waals surface area contributed by atoms with Crippen LogP contribution in [0.1, 0.15) is 29.6 Å². The minimum atomic E-state index is -0.573. The van der Waals surface area contributed by atoms with E-state index in [1.54, 1.807) is 12.1 Å². The zero-order valence-electron chi connectivity index (χ0n) is 11.5. The van der Waals surface area contributed by atoms with Crippen LogP contribution in [0.5, 0.6) is 11.5 Å². The number of hydrogen-bond acceptors (Lipinski definition) is 5. The third-order valence-corrected chi connectivity index (χ3v) is 3.87. The Morgan fingerprint density at radius 2 is 1.90 bits per heavy atom. The molecule has 1 aromatic rings. The van der Waals surface area contributed by atoms with Crippen molar-refractivity contribution in [2.45, 2.75) is 25.3 Å². The van der Waals surface area contributed by atoms with Gasteiger partial charge in [-0.05, 0) is 25.3 Å². The van der Waals surface area contributed by atoms with Crippen molar-refractivity contribution in [3.63, 3.8) is 0 Å². The number of anilines is 1. The Bertz CT molecular complexity index is 602. The average Bonchev–Trinajstić information content (AvgIpc) is 2.92. The third-order valence-electron chi connectivity index (χ3n) is 3.87. The van der Waals surface area contributed by atoms with Crippen LogP contribution in [0.15, 0.2) is 12.1 Å². The lowest BCUT2D eigenvalue weighted by molar-refractivity contribution is -0.123. The second kappa shape index (κ2) is 5.16. The van der Waals surface area contributed by atoms with Crippen LogP contribution in [-0.4, -0.2) is 36.1 Å². The molecule has 0 radical (unpaired) electrons. The van der Waals surface area contributed by atoms with E-state index in [9.17, 15) is 9.59 Å². The molecule has 1 atom stereocenters. The summed E-state index contributed by atoms with van der Waals surface area (Å²) in [4.78, 5) is 25.7. The molecule has 112 valence electrons. The summed E-state index contributed by atoms with van der Waals surface area (Å²) in [6, 6.07) is 2.56. The fourth-order valence-electron chi connectivity index (χ4n) is 2.77. The van der Waals surface area contributed by atoms with E-state index in [1.165, 1.54) is 4.90 Å². The van der Waals surface area contributed by atoms with Crippen molar-refractivity contribution in [2.75, 3.05) is 19.1 Å². The summed E-state index contributed by atoms with van der Waals surface area (Å²) in [6.07, 6.45) is 2.32. The maximum atomic E-state index is 12.7. The molecule has 1 aromatic carbocycles. The standard InChI is InChI=1S/C14H17N3O4/c15-9-6-12-11(20-7-21-12)5-8(9)14(19)17-4-2-1-3-10(17)13(16)18/h5-6,10H,1-4,7,15H2,(H2,16,18). The summed E-state index contributed by atoms with van der Waals surface area (Å²) in [5.41, 5.74) is 11.9. The number of fused-ring (bicyclic) bond motifs is 1. The highest BCUT2D eigenvalue weighted by molar-refractivity contribution is 6.02. The summed E-state index contributed by atoms with van der Waals surface area (Å²) in [7, 11) is 0. The number of rotatable bonds is 2. The summed E-state index contributed by atoms with van der Waals surface area (Å²) in [6.45, 7) is 0.611. The number of primary amides is 1. The molecule has 1 fully saturated rings. The van der Waals surface area contributed by atoms with Gasteiger partial charge in [0.15, 0.2) is 11.5 Å². The molecule has 2 amide bonds. The van der Waals surface area contributed by atoms with Crippen molar-refractivity contribution in [3.05, 3.63) is 17.7 Å². The molecule has 2 heterocycles. The normalized spacial score (nSPS) is 20.4. The molecule has 0 aromatic heterocycles. The minimum Gasteiger partial charge on any atom is -0.454 e. The lowest BCUT2D eigenvalue weighted by Gasteiger charge is -2.34. The van der Waals surface area contributed by atoms with E-state index in [4.69, 9.17) is 20.9 Å². The number of ether oxygens (including phenoxy) is 2. The lowest BCUT2D eigenvalue weighted by Crippen LogP contribution is -2.50. The Kier molecular flexibility index (Phi) is 3.32. The van der Waals surface area contributed by atoms with E-state index in [0.717, 1.165) is 12.8 Å². The van der Waals surface area contributed by atoms with Crippen LogP contribution in [0.2, 0.25) is 0 Å². The Balaban J connectivity index is 1.92. The molecule has 2 aliphatic heterocycles. The molecule has 2 aliphatic rings. The Morgan fingerprint density at radius 1 is 1.19 bits per heavy atom. The van der Waals surface area contributed by atoms with Crippen LogP contribution in [0, 0.1) is 0 Å². The van der Waals surface area contributed by atoms with Crippen molar-refractivity contribution in [3.8, 4) is 11.5 Å². The number of hydrogen-bond donors (Lipinski definition) is 2. The molecule has 21 heavy (non-hydrogen) atoms. The smallest absolute Gasteiger partial charge is 0.256 e. The molecular weight excluding hydrogens is 274 g/mol. The SMILES string of the molecule is NC(=O)C1CCCCN1C(=O)c1cc2c(cc1N)OCO2. The van der Waals surface area contributed by atoms with E-state index in [0.29, 0.717) is 35.7 Å². The monoisotopic (exact) mass is 291 g/mol. The highest BCUT2D eigenvalue weighted by Crippen LogP contribution is 2.36. The van der Waals surface area contributed by atoms with E-state index in [-0.39, 0.29) is 12.7 Å². The van der Waals surface area contributed by atoms with Crippen LogP contribution in [-0.2, 0) is 4.79 Å². The van der Waals surface area contributed by atoms with E-state index >= 15 is 0 Å². The number of piperidine rings is 1. The van der Waals surface area contributed by atoms with Crippen LogP contribution < -0.4 is 20.9 Å². The predicted octanol–water partition coefficient (Wildman–Crippen LogP) is 0.477.